The Morgan fingerprint density at radius 1 is 1.35 bits per heavy atom. The van der Waals surface area contributed by atoms with Gasteiger partial charge in [0.25, 0.3) is 0 Å². The van der Waals surface area contributed by atoms with Gasteiger partial charge in [0.05, 0.1) is 21.5 Å². The van der Waals surface area contributed by atoms with E-state index in [2.05, 4.69) is 4.72 Å². The summed E-state index contributed by atoms with van der Waals surface area (Å²) in [6.45, 7) is 1.42. The smallest absolute Gasteiger partial charge is 0.339 e. The first kappa shape index (κ1) is 14.1. The number of aromatic carboxylic acids is 1. The predicted molar refractivity (Wildman–Crippen MR) is 66.5 cm³/mol. The highest BCUT2D eigenvalue weighted by molar-refractivity contribution is 7.92. The number of nitrogens with one attached hydrogen (secondary N) is 1. The van der Waals surface area contributed by atoms with Gasteiger partial charge in [-0.05, 0) is 19.1 Å². The lowest BCUT2D eigenvalue weighted by atomic mass is 10.2. The summed E-state index contributed by atoms with van der Waals surface area (Å²) in [5, 5.41) is 8.85. The molecule has 0 aromatic heterocycles. The molecule has 2 N–H and O–H groups in total. The summed E-state index contributed by atoms with van der Waals surface area (Å²) >= 11 is 11.5. The van der Waals surface area contributed by atoms with Gasteiger partial charge in [-0.25, -0.2) is 13.2 Å². The summed E-state index contributed by atoms with van der Waals surface area (Å²) in [7, 11) is -3.62. The van der Waals surface area contributed by atoms with Crippen LogP contribution in [0.5, 0.6) is 0 Å². The number of carbonyl (C=O) groups is 1. The van der Waals surface area contributed by atoms with Crippen LogP contribution in [0.2, 0.25) is 10.0 Å². The standard InChI is InChI=1S/C9H9Cl2NO4S/c1-2-17(15,16)12-8-6(11)4-3-5(10)7(8)9(13)14/h3-4,12H,2H2,1H3,(H,13,14). The van der Waals surface area contributed by atoms with Crippen molar-refractivity contribution in [2.75, 3.05) is 10.5 Å². The number of halogens is 2. The summed E-state index contributed by atoms with van der Waals surface area (Å²) in [5.74, 6) is -1.55. The van der Waals surface area contributed by atoms with Crippen molar-refractivity contribution >= 4 is 44.9 Å². The van der Waals surface area contributed by atoms with Gasteiger partial charge in [0.2, 0.25) is 10.0 Å². The molecule has 8 heteroatoms. The van der Waals surface area contributed by atoms with E-state index in [9.17, 15) is 13.2 Å². The first-order chi connectivity index (χ1) is 7.78. The minimum Gasteiger partial charge on any atom is -0.478 e. The zero-order valence-electron chi connectivity index (χ0n) is 8.70. The molecule has 0 fully saturated rings. The molecule has 0 saturated heterocycles. The van der Waals surface area contributed by atoms with E-state index in [0.717, 1.165) is 0 Å². The number of hydrogen-bond donors (Lipinski definition) is 2. The molecule has 0 aliphatic carbocycles. The second-order valence-corrected chi connectivity index (χ2v) is 5.92. The second kappa shape index (κ2) is 5.12. The predicted octanol–water partition coefficient (Wildman–Crippen LogP) is 2.45. The van der Waals surface area contributed by atoms with E-state index in [0.29, 0.717) is 0 Å². The van der Waals surface area contributed by atoms with Crippen molar-refractivity contribution in [3.63, 3.8) is 0 Å². The third-order valence-electron chi connectivity index (χ3n) is 1.96. The lowest BCUT2D eigenvalue weighted by Crippen LogP contribution is -2.17. The van der Waals surface area contributed by atoms with Crippen LogP contribution in [-0.4, -0.2) is 25.2 Å². The fourth-order valence-corrected chi connectivity index (χ4v) is 2.25. The summed E-state index contributed by atoms with van der Waals surface area (Å²) in [6.07, 6.45) is 0. The number of carboxylic acids is 1. The summed E-state index contributed by atoms with van der Waals surface area (Å²) in [6, 6.07) is 2.61. The minimum absolute atomic E-state index is 0.0242. The Morgan fingerprint density at radius 3 is 2.35 bits per heavy atom. The molecule has 0 aliphatic heterocycles. The number of hydrogen-bond acceptors (Lipinski definition) is 3. The van der Waals surface area contributed by atoms with Gasteiger partial charge in [0.15, 0.2) is 0 Å². The molecule has 5 nitrogen and oxygen atoms in total. The van der Waals surface area contributed by atoms with Crippen molar-refractivity contribution in [1.82, 2.24) is 0 Å². The van der Waals surface area contributed by atoms with Gasteiger partial charge in [-0.1, -0.05) is 23.2 Å². The highest BCUT2D eigenvalue weighted by Crippen LogP contribution is 2.32. The van der Waals surface area contributed by atoms with Gasteiger partial charge in [0, 0.05) is 0 Å². The maximum absolute atomic E-state index is 11.4. The fraction of sp³-hybridized carbons (Fsp3) is 0.222. The molecule has 0 radical (unpaired) electrons. The lowest BCUT2D eigenvalue weighted by Gasteiger charge is -2.12. The normalized spacial score (nSPS) is 11.2. The highest BCUT2D eigenvalue weighted by atomic mass is 35.5. The van der Waals surface area contributed by atoms with Crippen molar-refractivity contribution in [3.05, 3.63) is 27.7 Å². The first-order valence-electron chi connectivity index (χ1n) is 4.50. The molecule has 0 aliphatic rings. The molecule has 0 spiro atoms. The summed E-state index contributed by atoms with van der Waals surface area (Å²) < 4.78 is 24.9. The van der Waals surface area contributed by atoms with Gasteiger partial charge in [0.1, 0.15) is 5.56 Å². The number of anilines is 1. The minimum atomic E-state index is -3.62. The Morgan fingerprint density at radius 2 is 1.88 bits per heavy atom. The molecule has 1 aromatic carbocycles. The van der Waals surface area contributed by atoms with Gasteiger partial charge >= 0.3 is 5.97 Å². The third-order valence-corrected chi connectivity index (χ3v) is 3.86. The SMILES string of the molecule is CCS(=O)(=O)Nc1c(Cl)ccc(Cl)c1C(=O)O. The van der Waals surface area contributed by atoms with Crippen LogP contribution in [0.3, 0.4) is 0 Å². The van der Waals surface area contributed by atoms with Crippen LogP contribution in [-0.2, 0) is 10.0 Å². The maximum atomic E-state index is 11.4. The van der Waals surface area contributed by atoms with Crippen LogP contribution >= 0.6 is 23.2 Å². The van der Waals surface area contributed by atoms with E-state index in [1.54, 1.807) is 0 Å². The molecule has 0 atom stereocenters. The van der Waals surface area contributed by atoms with E-state index in [1.165, 1.54) is 19.1 Å². The zero-order chi connectivity index (χ0) is 13.2. The molecular formula is C9H9Cl2NO4S. The molecule has 1 aromatic rings. The Kier molecular flexibility index (Phi) is 4.24. The zero-order valence-corrected chi connectivity index (χ0v) is 11.0. The van der Waals surface area contributed by atoms with Crippen molar-refractivity contribution in [1.29, 1.82) is 0 Å². The molecule has 0 amide bonds. The topological polar surface area (TPSA) is 83.5 Å². The number of carboxylic acid groups (broad SMARTS) is 1. The van der Waals surface area contributed by atoms with Crippen LogP contribution in [0, 0.1) is 0 Å². The largest absolute Gasteiger partial charge is 0.478 e. The van der Waals surface area contributed by atoms with Crippen LogP contribution < -0.4 is 4.72 Å². The number of sulfonamides is 1. The maximum Gasteiger partial charge on any atom is 0.339 e. The Bertz CT molecular complexity index is 556. The monoisotopic (exact) mass is 297 g/mol. The fourth-order valence-electron chi connectivity index (χ4n) is 1.09. The van der Waals surface area contributed by atoms with Crippen LogP contribution in [0.4, 0.5) is 5.69 Å². The summed E-state index contributed by atoms with van der Waals surface area (Å²) in [5.41, 5.74) is -0.579. The van der Waals surface area contributed by atoms with Crippen LogP contribution in [0.25, 0.3) is 0 Å². The van der Waals surface area contributed by atoms with Gasteiger partial charge in [-0.15, -0.1) is 0 Å². The molecule has 1 rings (SSSR count). The van der Waals surface area contributed by atoms with E-state index < -0.39 is 16.0 Å². The van der Waals surface area contributed by atoms with Crippen LogP contribution in [0.1, 0.15) is 17.3 Å². The summed E-state index contributed by atoms with van der Waals surface area (Å²) in [4.78, 5) is 11.0. The van der Waals surface area contributed by atoms with Crippen molar-refractivity contribution in [2.45, 2.75) is 6.92 Å². The molecule has 0 heterocycles. The van der Waals surface area contributed by atoms with E-state index in [-0.39, 0.29) is 27.0 Å². The molecular weight excluding hydrogens is 289 g/mol. The van der Waals surface area contributed by atoms with Gasteiger partial charge in [-0.3, -0.25) is 4.72 Å². The Labute approximate surface area is 108 Å². The lowest BCUT2D eigenvalue weighted by molar-refractivity contribution is 0.0698. The molecule has 0 unspecified atom stereocenters. The highest BCUT2D eigenvalue weighted by Gasteiger charge is 2.21. The molecule has 17 heavy (non-hydrogen) atoms. The number of benzene rings is 1. The Hall–Kier alpha value is -0.980. The first-order valence-corrected chi connectivity index (χ1v) is 6.91. The van der Waals surface area contributed by atoms with Crippen LogP contribution in [0.15, 0.2) is 12.1 Å². The van der Waals surface area contributed by atoms with E-state index >= 15 is 0 Å². The van der Waals surface area contributed by atoms with Crippen molar-refractivity contribution in [3.8, 4) is 0 Å². The van der Waals surface area contributed by atoms with E-state index in [4.69, 9.17) is 28.3 Å². The average Bonchev–Trinajstić information content (AvgIpc) is 2.23. The average molecular weight is 298 g/mol. The molecule has 0 saturated carbocycles. The van der Waals surface area contributed by atoms with Gasteiger partial charge < -0.3 is 5.11 Å². The van der Waals surface area contributed by atoms with E-state index in [1.807, 2.05) is 0 Å². The molecule has 94 valence electrons. The van der Waals surface area contributed by atoms with Crippen molar-refractivity contribution < 1.29 is 18.3 Å². The van der Waals surface area contributed by atoms with Gasteiger partial charge in [-0.2, -0.15) is 0 Å². The third kappa shape index (κ3) is 3.24. The molecule has 0 bridgehead atoms. The quantitative estimate of drug-likeness (QED) is 0.894. The second-order valence-electron chi connectivity index (χ2n) is 3.09. The van der Waals surface area contributed by atoms with Crippen molar-refractivity contribution in [2.24, 2.45) is 0 Å². The number of rotatable bonds is 4. The Balaban J connectivity index is 3.41.